The van der Waals surface area contributed by atoms with Crippen LogP contribution in [0.3, 0.4) is 0 Å². The van der Waals surface area contributed by atoms with Crippen LogP contribution in [0.5, 0.6) is 0 Å². The van der Waals surface area contributed by atoms with Crippen LogP contribution in [0.1, 0.15) is 24.8 Å². The third-order valence-corrected chi connectivity index (χ3v) is 4.44. The summed E-state index contributed by atoms with van der Waals surface area (Å²) < 4.78 is 6.12. The highest BCUT2D eigenvalue weighted by Gasteiger charge is 2.35. The molecule has 2 rings (SSSR count). The SMILES string of the molecule is Cc1ccc(Br)cc1NC(=O)CCNC(=O)C1(N)CCOCC1. The number of anilines is 1. The average Bonchev–Trinajstić information content (AvgIpc) is 2.51. The number of nitrogens with one attached hydrogen (secondary N) is 2. The van der Waals surface area contributed by atoms with Gasteiger partial charge in [0, 0.05) is 36.3 Å². The molecule has 1 aromatic carbocycles. The van der Waals surface area contributed by atoms with E-state index in [-0.39, 0.29) is 24.8 Å². The van der Waals surface area contributed by atoms with E-state index in [0.29, 0.717) is 26.1 Å². The molecule has 0 aliphatic carbocycles. The fourth-order valence-corrected chi connectivity index (χ4v) is 2.73. The van der Waals surface area contributed by atoms with Gasteiger partial charge in [0.15, 0.2) is 0 Å². The van der Waals surface area contributed by atoms with Crippen molar-refractivity contribution in [3.8, 4) is 0 Å². The molecule has 1 aliphatic heterocycles. The zero-order chi connectivity index (χ0) is 16.9. The van der Waals surface area contributed by atoms with Crippen molar-refractivity contribution in [2.75, 3.05) is 25.1 Å². The number of ether oxygens (including phenoxy) is 1. The minimum Gasteiger partial charge on any atom is -0.381 e. The summed E-state index contributed by atoms with van der Waals surface area (Å²) >= 11 is 3.38. The largest absolute Gasteiger partial charge is 0.381 e. The lowest BCUT2D eigenvalue weighted by Crippen LogP contribution is -2.57. The monoisotopic (exact) mass is 383 g/mol. The van der Waals surface area contributed by atoms with Crippen LogP contribution in [0.2, 0.25) is 0 Å². The standard InChI is InChI=1S/C16H22BrN3O3/c1-11-2-3-12(17)10-13(11)20-14(21)4-7-19-15(22)16(18)5-8-23-9-6-16/h2-3,10H,4-9,18H2,1H3,(H,19,22)(H,20,21). The Morgan fingerprint density at radius 2 is 2.04 bits per heavy atom. The Kier molecular flexibility index (Phi) is 6.15. The molecular weight excluding hydrogens is 362 g/mol. The van der Waals surface area contributed by atoms with Crippen LogP contribution in [0.4, 0.5) is 5.69 Å². The van der Waals surface area contributed by atoms with Crippen molar-refractivity contribution in [3.05, 3.63) is 28.2 Å². The van der Waals surface area contributed by atoms with Gasteiger partial charge in [0.2, 0.25) is 11.8 Å². The summed E-state index contributed by atoms with van der Waals surface area (Å²) in [5.41, 5.74) is 6.94. The highest BCUT2D eigenvalue weighted by molar-refractivity contribution is 9.10. The first kappa shape index (κ1) is 17.9. The second kappa shape index (κ2) is 7.90. The Balaban J connectivity index is 1.78. The lowest BCUT2D eigenvalue weighted by Gasteiger charge is -2.31. The van der Waals surface area contributed by atoms with E-state index in [2.05, 4.69) is 26.6 Å². The van der Waals surface area contributed by atoms with Gasteiger partial charge in [-0.25, -0.2) is 0 Å². The fraction of sp³-hybridized carbons (Fsp3) is 0.500. The summed E-state index contributed by atoms with van der Waals surface area (Å²) in [5, 5.41) is 5.59. The van der Waals surface area contributed by atoms with Gasteiger partial charge in [-0.05, 0) is 37.5 Å². The number of carbonyl (C=O) groups is 2. The molecule has 2 amide bonds. The zero-order valence-corrected chi connectivity index (χ0v) is 14.7. The minimum atomic E-state index is -0.879. The number of nitrogens with two attached hydrogens (primary N) is 1. The number of amides is 2. The number of carbonyl (C=O) groups excluding carboxylic acids is 2. The Morgan fingerprint density at radius 1 is 1.35 bits per heavy atom. The summed E-state index contributed by atoms with van der Waals surface area (Å²) in [7, 11) is 0. The predicted octanol–water partition coefficient (Wildman–Crippen LogP) is 1.71. The summed E-state index contributed by atoms with van der Waals surface area (Å²) in [6.45, 7) is 3.17. The highest BCUT2D eigenvalue weighted by atomic mass is 79.9. The Bertz CT molecular complexity index is 586. The van der Waals surface area contributed by atoms with Gasteiger partial charge in [-0.3, -0.25) is 9.59 Å². The number of hydrogen-bond acceptors (Lipinski definition) is 4. The van der Waals surface area contributed by atoms with Gasteiger partial charge in [0.1, 0.15) is 0 Å². The molecular formula is C16H22BrN3O3. The molecule has 0 radical (unpaired) electrons. The summed E-state index contributed by atoms with van der Waals surface area (Å²) in [4.78, 5) is 24.1. The van der Waals surface area contributed by atoms with Crippen LogP contribution in [-0.4, -0.2) is 37.1 Å². The van der Waals surface area contributed by atoms with E-state index < -0.39 is 5.54 Å². The summed E-state index contributed by atoms with van der Waals surface area (Å²) in [6.07, 6.45) is 1.20. The van der Waals surface area contributed by atoms with Crippen molar-refractivity contribution in [1.82, 2.24) is 5.32 Å². The normalized spacial score (nSPS) is 16.7. The van der Waals surface area contributed by atoms with Crippen molar-refractivity contribution >= 4 is 33.4 Å². The van der Waals surface area contributed by atoms with Crippen molar-refractivity contribution < 1.29 is 14.3 Å². The van der Waals surface area contributed by atoms with E-state index in [1.54, 1.807) is 0 Å². The van der Waals surface area contributed by atoms with E-state index in [1.807, 2.05) is 25.1 Å². The van der Waals surface area contributed by atoms with Crippen molar-refractivity contribution in [1.29, 1.82) is 0 Å². The topological polar surface area (TPSA) is 93.5 Å². The van der Waals surface area contributed by atoms with Crippen LogP contribution in [0.15, 0.2) is 22.7 Å². The molecule has 0 saturated carbocycles. The molecule has 0 atom stereocenters. The number of hydrogen-bond donors (Lipinski definition) is 3. The summed E-state index contributed by atoms with van der Waals surface area (Å²) in [5.74, 6) is -0.364. The van der Waals surface area contributed by atoms with Gasteiger partial charge in [-0.15, -0.1) is 0 Å². The maximum Gasteiger partial charge on any atom is 0.240 e. The maximum atomic E-state index is 12.1. The average molecular weight is 384 g/mol. The molecule has 1 saturated heterocycles. The number of rotatable bonds is 5. The first-order chi connectivity index (χ1) is 10.9. The number of halogens is 1. The van der Waals surface area contributed by atoms with Gasteiger partial charge in [-0.2, -0.15) is 0 Å². The van der Waals surface area contributed by atoms with E-state index in [4.69, 9.17) is 10.5 Å². The van der Waals surface area contributed by atoms with E-state index in [9.17, 15) is 9.59 Å². The van der Waals surface area contributed by atoms with Crippen LogP contribution in [-0.2, 0) is 14.3 Å². The lowest BCUT2D eigenvalue weighted by molar-refractivity contribution is -0.129. The molecule has 1 aliphatic rings. The Hall–Kier alpha value is -1.44. The molecule has 23 heavy (non-hydrogen) atoms. The molecule has 0 spiro atoms. The molecule has 126 valence electrons. The van der Waals surface area contributed by atoms with Crippen LogP contribution in [0, 0.1) is 6.92 Å². The molecule has 7 heteroatoms. The van der Waals surface area contributed by atoms with Crippen LogP contribution < -0.4 is 16.4 Å². The molecule has 1 heterocycles. The molecule has 0 aromatic heterocycles. The molecule has 0 unspecified atom stereocenters. The van der Waals surface area contributed by atoms with Gasteiger partial charge in [-0.1, -0.05) is 22.0 Å². The Morgan fingerprint density at radius 3 is 2.74 bits per heavy atom. The lowest BCUT2D eigenvalue weighted by atomic mass is 9.90. The van der Waals surface area contributed by atoms with Crippen LogP contribution >= 0.6 is 15.9 Å². The molecule has 4 N–H and O–H groups in total. The molecule has 6 nitrogen and oxygen atoms in total. The first-order valence-corrected chi connectivity index (χ1v) is 8.41. The Labute approximate surface area is 144 Å². The van der Waals surface area contributed by atoms with E-state index in [1.165, 1.54) is 0 Å². The smallest absolute Gasteiger partial charge is 0.240 e. The van der Waals surface area contributed by atoms with Gasteiger partial charge in [0.25, 0.3) is 0 Å². The van der Waals surface area contributed by atoms with E-state index in [0.717, 1.165) is 15.7 Å². The first-order valence-electron chi connectivity index (χ1n) is 7.62. The quantitative estimate of drug-likeness (QED) is 0.721. The minimum absolute atomic E-state index is 0.149. The second-order valence-electron chi connectivity index (χ2n) is 5.78. The molecule has 0 bridgehead atoms. The van der Waals surface area contributed by atoms with Gasteiger partial charge < -0.3 is 21.1 Å². The van der Waals surface area contributed by atoms with Gasteiger partial charge >= 0.3 is 0 Å². The molecule has 1 fully saturated rings. The second-order valence-corrected chi connectivity index (χ2v) is 6.70. The molecule has 1 aromatic rings. The zero-order valence-electron chi connectivity index (χ0n) is 13.2. The highest BCUT2D eigenvalue weighted by Crippen LogP contribution is 2.21. The fourth-order valence-electron chi connectivity index (χ4n) is 2.37. The van der Waals surface area contributed by atoms with Crippen molar-refractivity contribution in [2.45, 2.75) is 31.7 Å². The summed E-state index contributed by atoms with van der Waals surface area (Å²) in [6, 6.07) is 5.69. The van der Waals surface area contributed by atoms with Gasteiger partial charge in [0.05, 0.1) is 5.54 Å². The van der Waals surface area contributed by atoms with Crippen molar-refractivity contribution in [3.63, 3.8) is 0 Å². The number of benzene rings is 1. The third kappa shape index (κ3) is 5.02. The van der Waals surface area contributed by atoms with E-state index >= 15 is 0 Å². The van der Waals surface area contributed by atoms with Crippen molar-refractivity contribution in [2.24, 2.45) is 5.73 Å². The van der Waals surface area contributed by atoms with Crippen LogP contribution in [0.25, 0.3) is 0 Å². The predicted molar refractivity (Wildman–Crippen MR) is 92.1 cm³/mol. The number of aryl methyl sites for hydroxylation is 1. The third-order valence-electron chi connectivity index (χ3n) is 3.95. The maximum absolute atomic E-state index is 12.1.